The van der Waals surface area contributed by atoms with Gasteiger partial charge in [0.1, 0.15) is 0 Å². The number of benzene rings is 1. The highest BCUT2D eigenvalue weighted by Gasteiger charge is 2.01. The zero-order valence-corrected chi connectivity index (χ0v) is 10.3. The van der Waals surface area contributed by atoms with E-state index in [4.69, 9.17) is 0 Å². The minimum atomic E-state index is 1.13. The van der Waals surface area contributed by atoms with Crippen LogP contribution in [0.3, 0.4) is 0 Å². The molecule has 0 unspecified atom stereocenters. The van der Waals surface area contributed by atoms with Gasteiger partial charge in [-0.15, -0.1) is 0 Å². The van der Waals surface area contributed by atoms with E-state index in [0.717, 1.165) is 11.3 Å². The molecule has 1 aromatic carbocycles. The summed E-state index contributed by atoms with van der Waals surface area (Å²) in [6, 6.07) is 10.5. The van der Waals surface area contributed by atoms with E-state index < -0.39 is 0 Å². The summed E-state index contributed by atoms with van der Waals surface area (Å²) in [7, 11) is 0. The van der Waals surface area contributed by atoms with Crippen molar-refractivity contribution in [3.8, 4) is 0 Å². The second-order valence-electron chi connectivity index (χ2n) is 3.53. The molecule has 0 bridgehead atoms. The van der Waals surface area contributed by atoms with Crippen molar-refractivity contribution in [3.05, 3.63) is 53.5 Å². The third-order valence-corrected chi connectivity index (χ3v) is 2.93. The Morgan fingerprint density at radius 2 is 2.00 bits per heavy atom. The van der Waals surface area contributed by atoms with Gasteiger partial charge in [-0.05, 0) is 23.8 Å². The average molecular weight is 218 g/mol. The maximum Gasteiger partial charge on any atom is 0.0151 e. The van der Waals surface area contributed by atoms with E-state index in [0.29, 0.717) is 0 Å². The molecule has 0 aliphatic heterocycles. The highest BCUT2D eigenvalue weighted by molar-refractivity contribution is 8.11. The molecular formula is C14H18S. The lowest BCUT2D eigenvalue weighted by Crippen LogP contribution is -1.80. The predicted octanol–water partition coefficient (Wildman–Crippen LogP) is 5.09. The van der Waals surface area contributed by atoms with Crippen LogP contribution in [0.5, 0.6) is 0 Å². The molecule has 0 N–H and O–H groups in total. The summed E-state index contributed by atoms with van der Waals surface area (Å²) >= 11 is 1.76. The Hall–Kier alpha value is -0.950. The van der Waals surface area contributed by atoms with Crippen molar-refractivity contribution in [2.45, 2.75) is 26.7 Å². The van der Waals surface area contributed by atoms with Crippen LogP contribution in [0.15, 0.2) is 47.9 Å². The molecular weight excluding hydrogens is 200 g/mol. The molecule has 0 nitrogen and oxygen atoms in total. The van der Waals surface area contributed by atoms with Crippen LogP contribution in [0.4, 0.5) is 0 Å². The first kappa shape index (κ1) is 12.1. The molecule has 0 aromatic heterocycles. The van der Waals surface area contributed by atoms with Crippen molar-refractivity contribution >= 4 is 16.7 Å². The van der Waals surface area contributed by atoms with Gasteiger partial charge in [-0.3, -0.25) is 0 Å². The maximum absolute atomic E-state index is 3.95. The molecule has 0 aliphatic carbocycles. The van der Waals surface area contributed by atoms with E-state index >= 15 is 0 Å². The normalized spacial score (nSPS) is 11.5. The van der Waals surface area contributed by atoms with E-state index in [9.17, 15) is 0 Å². The molecule has 0 amide bonds. The van der Waals surface area contributed by atoms with Crippen LogP contribution in [-0.4, -0.2) is 0 Å². The second-order valence-corrected chi connectivity index (χ2v) is 4.87. The van der Waals surface area contributed by atoms with Crippen molar-refractivity contribution in [3.63, 3.8) is 0 Å². The first-order valence-electron chi connectivity index (χ1n) is 5.33. The van der Waals surface area contributed by atoms with Gasteiger partial charge in [-0.25, -0.2) is 0 Å². The van der Waals surface area contributed by atoms with Crippen molar-refractivity contribution in [1.29, 1.82) is 0 Å². The van der Waals surface area contributed by atoms with Crippen molar-refractivity contribution < 1.29 is 0 Å². The number of hydrogen-bond donors (Lipinski definition) is 0. The Morgan fingerprint density at radius 1 is 1.33 bits per heavy atom. The van der Waals surface area contributed by atoms with E-state index in [2.05, 4.69) is 43.8 Å². The molecule has 0 fully saturated rings. The fourth-order valence-electron chi connectivity index (χ4n) is 1.28. The molecule has 0 saturated heterocycles. The molecule has 1 heteroatoms. The van der Waals surface area contributed by atoms with Crippen LogP contribution < -0.4 is 0 Å². The van der Waals surface area contributed by atoms with Crippen LogP contribution in [0.2, 0.25) is 0 Å². The average Bonchev–Trinajstić information content (AvgIpc) is 2.25. The monoisotopic (exact) mass is 218 g/mol. The summed E-state index contributed by atoms with van der Waals surface area (Å²) < 4.78 is 0. The number of unbranched alkanes of at least 4 members (excludes halogenated alkanes) is 1. The molecule has 0 radical (unpaired) electrons. The van der Waals surface area contributed by atoms with E-state index in [1.165, 1.54) is 16.9 Å². The van der Waals surface area contributed by atoms with Crippen LogP contribution in [0.25, 0.3) is 4.91 Å². The molecule has 1 aromatic rings. The van der Waals surface area contributed by atoms with E-state index in [-0.39, 0.29) is 0 Å². The lowest BCUT2D eigenvalue weighted by atomic mass is 10.2. The SMILES string of the molecule is C=C(C)S/C(=C\CCC)c1ccccc1. The third kappa shape index (κ3) is 4.39. The number of allylic oxidation sites excluding steroid dienone is 2. The molecule has 0 spiro atoms. The highest BCUT2D eigenvalue weighted by Crippen LogP contribution is 2.32. The van der Waals surface area contributed by atoms with Crippen LogP contribution >= 0.6 is 11.8 Å². The molecule has 1 rings (SSSR count). The van der Waals surface area contributed by atoms with Crippen LogP contribution in [0.1, 0.15) is 32.3 Å². The smallest absolute Gasteiger partial charge is 0.0151 e. The molecule has 15 heavy (non-hydrogen) atoms. The first-order valence-corrected chi connectivity index (χ1v) is 6.14. The zero-order chi connectivity index (χ0) is 11.1. The summed E-state index contributed by atoms with van der Waals surface area (Å²) in [6.45, 7) is 8.20. The lowest BCUT2D eigenvalue weighted by Gasteiger charge is -2.06. The van der Waals surface area contributed by atoms with Crippen LogP contribution in [0, 0.1) is 0 Å². The minimum absolute atomic E-state index is 1.13. The molecule has 0 saturated carbocycles. The number of rotatable bonds is 5. The fourth-order valence-corrected chi connectivity index (χ4v) is 2.11. The number of hydrogen-bond acceptors (Lipinski definition) is 1. The molecule has 0 atom stereocenters. The first-order chi connectivity index (χ1) is 7.24. The van der Waals surface area contributed by atoms with Gasteiger partial charge in [-0.1, -0.05) is 68.1 Å². The number of thioether (sulfide) groups is 1. The topological polar surface area (TPSA) is 0 Å². The van der Waals surface area contributed by atoms with Crippen molar-refractivity contribution in [2.75, 3.05) is 0 Å². The minimum Gasteiger partial charge on any atom is -0.0952 e. The summed E-state index contributed by atoms with van der Waals surface area (Å²) in [4.78, 5) is 2.46. The van der Waals surface area contributed by atoms with E-state index in [1.807, 2.05) is 13.0 Å². The van der Waals surface area contributed by atoms with Gasteiger partial charge in [0, 0.05) is 4.91 Å². The maximum atomic E-state index is 3.95. The predicted molar refractivity (Wildman–Crippen MR) is 71.7 cm³/mol. The van der Waals surface area contributed by atoms with E-state index in [1.54, 1.807) is 11.8 Å². The molecule has 0 heterocycles. The van der Waals surface area contributed by atoms with Gasteiger partial charge in [0.2, 0.25) is 0 Å². The second kappa shape index (κ2) is 6.52. The largest absolute Gasteiger partial charge is 0.0952 e. The summed E-state index contributed by atoms with van der Waals surface area (Å²) in [5, 5.41) is 0. The standard InChI is InChI=1S/C14H18S/c1-4-5-11-14(15-12(2)3)13-9-7-6-8-10-13/h6-11H,2,4-5H2,1,3H3/b14-11-. The van der Waals surface area contributed by atoms with Gasteiger partial charge >= 0.3 is 0 Å². The molecule has 80 valence electrons. The molecule has 0 aliphatic rings. The third-order valence-electron chi connectivity index (χ3n) is 1.96. The van der Waals surface area contributed by atoms with Gasteiger partial charge in [-0.2, -0.15) is 0 Å². The Balaban J connectivity index is 2.86. The van der Waals surface area contributed by atoms with Crippen molar-refractivity contribution in [2.24, 2.45) is 0 Å². The lowest BCUT2D eigenvalue weighted by molar-refractivity contribution is 0.962. The summed E-state index contributed by atoms with van der Waals surface area (Å²) in [6.07, 6.45) is 4.62. The summed E-state index contributed by atoms with van der Waals surface area (Å²) in [5.74, 6) is 0. The summed E-state index contributed by atoms with van der Waals surface area (Å²) in [5.41, 5.74) is 1.29. The van der Waals surface area contributed by atoms with Crippen LogP contribution in [-0.2, 0) is 0 Å². The fraction of sp³-hybridized carbons (Fsp3) is 0.286. The Bertz CT molecular complexity index is 336. The zero-order valence-electron chi connectivity index (χ0n) is 9.49. The Kier molecular flexibility index (Phi) is 5.27. The Labute approximate surface area is 97.1 Å². The van der Waals surface area contributed by atoms with Gasteiger partial charge < -0.3 is 0 Å². The quantitative estimate of drug-likeness (QED) is 0.663. The van der Waals surface area contributed by atoms with Gasteiger partial charge in [0.05, 0.1) is 0 Å². The van der Waals surface area contributed by atoms with Gasteiger partial charge in [0.15, 0.2) is 0 Å². The Morgan fingerprint density at radius 3 is 2.53 bits per heavy atom. The highest BCUT2D eigenvalue weighted by atomic mass is 32.2. The van der Waals surface area contributed by atoms with Crippen molar-refractivity contribution in [1.82, 2.24) is 0 Å². The van der Waals surface area contributed by atoms with Gasteiger partial charge in [0.25, 0.3) is 0 Å².